The SMILES string of the molecule is C[C@@H](n1ncnc1C(=O)N[C@H](c1cn2ncc(C(NC(=O)CCC(F)(F)F)C3CC3)cc2n1)C1CCC(F)(F)CC1)C(F)(F)F. The second-order valence-electron chi connectivity index (χ2n) is 11.6. The molecule has 0 bridgehead atoms. The van der Waals surface area contributed by atoms with Crippen LogP contribution in [0, 0.1) is 11.8 Å². The maximum absolute atomic E-state index is 14.0. The maximum atomic E-state index is 14.0. The first kappa shape index (κ1) is 32.5. The molecule has 2 amide bonds. The zero-order valence-corrected chi connectivity index (χ0v) is 23.9. The first-order chi connectivity index (χ1) is 21.0. The number of fused-ring (bicyclic) bond motifs is 1. The summed E-state index contributed by atoms with van der Waals surface area (Å²) in [5.41, 5.74) is 0.942. The van der Waals surface area contributed by atoms with Crippen LogP contribution < -0.4 is 10.6 Å². The molecule has 0 aromatic carbocycles. The van der Waals surface area contributed by atoms with Crippen molar-refractivity contribution in [3.05, 3.63) is 41.9 Å². The number of carbonyl (C=O) groups excluding carboxylic acids is 2. The molecular formula is C27H30F8N8O2. The van der Waals surface area contributed by atoms with Gasteiger partial charge in [0.1, 0.15) is 12.4 Å². The van der Waals surface area contributed by atoms with Crippen LogP contribution in [0.3, 0.4) is 0 Å². The van der Waals surface area contributed by atoms with E-state index in [0.29, 0.717) is 10.2 Å². The van der Waals surface area contributed by atoms with Crippen molar-refractivity contribution in [2.24, 2.45) is 11.8 Å². The lowest BCUT2D eigenvalue weighted by Crippen LogP contribution is -2.39. The van der Waals surface area contributed by atoms with Crippen LogP contribution in [0.5, 0.6) is 0 Å². The van der Waals surface area contributed by atoms with Crippen LogP contribution in [0.1, 0.15) is 98.3 Å². The fraction of sp³-hybridized carbons (Fsp3) is 0.630. The molecular weight excluding hydrogens is 620 g/mol. The zero-order chi connectivity index (χ0) is 32.7. The van der Waals surface area contributed by atoms with Gasteiger partial charge in [-0.3, -0.25) is 9.59 Å². The van der Waals surface area contributed by atoms with Crippen LogP contribution in [-0.2, 0) is 4.79 Å². The van der Waals surface area contributed by atoms with Crippen molar-refractivity contribution in [2.75, 3.05) is 0 Å². The van der Waals surface area contributed by atoms with Crippen molar-refractivity contribution >= 4 is 17.5 Å². The lowest BCUT2D eigenvalue weighted by atomic mass is 9.81. The quantitative estimate of drug-likeness (QED) is 0.274. The van der Waals surface area contributed by atoms with E-state index in [1.54, 1.807) is 6.07 Å². The van der Waals surface area contributed by atoms with Crippen molar-refractivity contribution < 1.29 is 44.7 Å². The summed E-state index contributed by atoms with van der Waals surface area (Å²) in [6, 6.07) is -2.20. The number of hydrogen-bond acceptors (Lipinski definition) is 6. The molecule has 3 atom stereocenters. The minimum absolute atomic E-state index is 0.00842. The fourth-order valence-corrected chi connectivity index (χ4v) is 5.50. The number of halogens is 8. The van der Waals surface area contributed by atoms with Gasteiger partial charge in [0, 0.05) is 19.3 Å². The molecule has 3 heterocycles. The molecule has 10 nitrogen and oxygen atoms in total. The number of carbonyl (C=O) groups is 2. The number of nitrogens with one attached hydrogen (secondary N) is 2. The van der Waals surface area contributed by atoms with Gasteiger partial charge in [-0.25, -0.2) is 27.9 Å². The number of amides is 2. The Bertz CT molecular complexity index is 1520. The van der Waals surface area contributed by atoms with E-state index in [2.05, 4.69) is 30.8 Å². The van der Waals surface area contributed by atoms with E-state index < -0.39 is 85.6 Å². The van der Waals surface area contributed by atoms with E-state index in [1.807, 2.05) is 0 Å². The van der Waals surface area contributed by atoms with Crippen molar-refractivity contribution in [1.82, 2.24) is 40.0 Å². The summed E-state index contributed by atoms with van der Waals surface area (Å²) < 4.78 is 108. The Morgan fingerprint density at radius 3 is 2.29 bits per heavy atom. The Morgan fingerprint density at radius 1 is 1.00 bits per heavy atom. The molecule has 18 heteroatoms. The molecule has 0 radical (unpaired) electrons. The Kier molecular flexibility index (Phi) is 8.78. The molecule has 0 spiro atoms. The third kappa shape index (κ3) is 7.87. The molecule has 3 aromatic heterocycles. The Balaban J connectivity index is 1.41. The minimum Gasteiger partial charge on any atom is -0.349 e. The van der Waals surface area contributed by atoms with E-state index in [-0.39, 0.29) is 30.1 Å². The molecule has 0 saturated heterocycles. The molecule has 2 saturated carbocycles. The second-order valence-corrected chi connectivity index (χ2v) is 11.6. The summed E-state index contributed by atoms with van der Waals surface area (Å²) in [6.45, 7) is 0.811. The third-order valence-electron chi connectivity index (χ3n) is 8.22. The smallest absolute Gasteiger partial charge is 0.349 e. The first-order valence-corrected chi connectivity index (χ1v) is 14.4. The average molecular weight is 651 g/mol. The van der Waals surface area contributed by atoms with Crippen LogP contribution >= 0.6 is 0 Å². The third-order valence-corrected chi connectivity index (χ3v) is 8.22. The van der Waals surface area contributed by atoms with Gasteiger partial charge in [-0.05, 0) is 56.1 Å². The Labute approximate surface area is 251 Å². The highest BCUT2D eigenvalue weighted by atomic mass is 19.4. The molecule has 2 fully saturated rings. The Hall–Kier alpha value is -3.86. The lowest BCUT2D eigenvalue weighted by molar-refractivity contribution is -0.165. The zero-order valence-electron chi connectivity index (χ0n) is 23.9. The molecule has 2 aliphatic carbocycles. The van der Waals surface area contributed by atoms with Crippen molar-refractivity contribution in [3.63, 3.8) is 0 Å². The van der Waals surface area contributed by atoms with Gasteiger partial charge in [0.15, 0.2) is 5.65 Å². The molecule has 3 aromatic rings. The molecule has 2 aliphatic rings. The number of imidazole rings is 1. The topological polar surface area (TPSA) is 119 Å². The highest BCUT2D eigenvalue weighted by Crippen LogP contribution is 2.43. The van der Waals surface area contributed by atoms with Crippen LogP contribution in [-0.4, -0.2) is 59.5 Å². The molecule has 45 heavy (non-hydrogen) atoms. The van der Waals surface area contributed by atoms with Gasteiger partial charge in [-0.2, -0.15) is 36.5 Å². The van der Waals surface area contributed by atoms with Gasteiger partial charge < -0.3 is 10.6 Å². The molecule has 0 aliphatic heterocycles. The van der Waals surface area contributed by atoms with Gasteiger partial charge in [0.2, 0.25) is 17.7 Å². The largest absolute Gasteiger partial charge is 0.410 e. The number of hydrogen-bond donors (Lipinski definition) is 2. The highest BCUT2D eigenvalue weighted by molar-refractivity contribution is 5.91. The Morgan fingerprint density at radius 2 is 1.67 bits per heavy atom. The normalized spacial score (nSPS) is 19.7. The van der Waals surface area contributed by atoms with Crippen LogP contribution in [0.25, 0.3) is 5.65 Å². The fourth-order valence-electron chi connectivity index (χ4n) is 5.50. The second kappa shape index (κ2) is 12.2. The molecule has 246 valence electrons. The number of rotatable bonds is 10. The van der Waals surface area contributed by atoms with E-state index >= 15 is 0 Å². The predicted molar refractivity (Wildman–Crippen MR) is 140 cm³/mol. The lowest BCUT2D eigenvalue weighted by Gasteiger charge is -2.33. The first-order valence-electron chi connectivity index (χ1n) is 14.4. The van der Waals surface area contributed by atoms with Gasteiger partial charge >= 0.3 is 12.4 Å². The van der Waals surface area contributed by atoms with Crippen molar-refractivity contribution in [2.45, 2.75) is 94.7 Å². The predicted octanol–water partition coefficient (Wildman–Crippen LogP) is 5.65. The van der Waals surface area contributed by atoms with E-state index in [1.165, 1.54) is 16.9 Å². The molecule has 5 rings (SSSR count). The summed E-state index contributed by atoms with van der Waals surface area (Å²) in [5.74, 6) is -5.86. The van der Waals surface area contributed by atoms with Gasteiger partial charge in [0.25, 0.3) is 5.91 Å². The summed E-state index contributed by atoms with van der Waals surface area (Å²) in [4.78, 5) is 33.8. The number of alkyl halides is 8. The summed E-state index contributed by atoms with van der Waals surface area (Å²) in [7, 11) is 0. The van der Waals surface area contributed by atoms with E-state index in [0.717, 1.165) is 26.1 Å². The summed E-state index contributed by atoms with van der Waals surface area (Å²) in [5, 5.41) is 13.1. The van der Waals surface area contributed by atoms with Crippen molar-refractivity contribution in [1.29, 1.82) is 0 Å². The number of nitrogens with zero attached hydrogens (tertiary/aromatic N) is 6. The molecule has 1 unspecified atom stereocenters. The summed E-state index contributed by atoms with van der Waals surface area (Å²) >= 11 is 0. The van der Waals surface area contributed by atoms with E-state index in [9.17, 15) is 44.7 Å². The van der Waals surface area contributed by atoms with Gasteiger partial charge in [-0.15, -0.1) is 0 Å². The van der Waals surface area contributed by atoms with Crippen LogP contribution in [0.4, 0.5) is 35.1 Å². The minimum atomic E-state index is -4.72. The van der Waals surface area contributed by atoms with Crippen LogP contribution in [0.15, 0.2) is 24.8 Å². The van der Waals surface area contributed by atoms with E-state index in [4.69, 9.17) is 0 Å². The number of aromatic nitrogens is 6. The summed E-state index contributed by atoms with van der Waals surface area (Å²) in [6.07, 6.45) is -6.96. The van der Waals surface area contributed by atoms with Crippen LogP contribution in [0.2, 0.25) is 0 Å². The molecule has 2 N–H and O–H groups in total. The van der Waals surface area contributed by atoms with Gasteiger partial charge in [0.05, 0.1) is 36.6 Å². The average Bonchev–Trinajstić information content (AvgIpc) is 3.51. The van der Waals surface area contributed by atoms with Gasteiger partial charge in [-0.1, -0.05) is 0 Å². The standard InChI is InChI=1S/C27H30F8N8O2/c1-14(27(33,34)35)43-23(36-13-38-43)24(45)41-22(16-4-7-25(28,29)8-5-16)18-12-42-19(39-18)10-17(11-37-42)21(15-2-3-15)40-20(44)6-9-26(30,31)32/h10-16,21-22H,2-9H2,1H3,(H,40,44)(H,41,45)/t14-,21?,22+/m1/s1. The van der Waals surface area contributed by atoms with Crippen molar-refractivity contribution in [3.8, 4) is 0 Å². The highest BCUT2D eigenvalue weighted by Gasteiger charge is 2.42. The monoisotopic (exact) mass is 650 g/mol. The maximum Gasteiger partial charge on any atom is 0.410 e.